The molecule has 3 aromatic rings. The molecule has 0 radical (unpaired) electrons. The van der Waals surface area contributed by atoms with Gasteiger partial charge in [-0.25, -0.2) is 13.4 Å². The number of aromatic nitrogens is 2. The van der Waals surface area contributed by atoms with E-state index in [2.05, 4.69) is 9.97 Å². The van der Waals surface area contributed by atoms with Crippen molar-refractivity contribution in [1.82, 2.24) is 9.97 Å². The van der Waals surface area contributed by atoms with Crippen LogP contribution in [0.1, 0.15) is 5.69 Å². The molecule has 1 aromatic carbocycles. The molecule has 3 rings (SSSR count). The van der Waals surface area contributed by atoms with Gasteiger partial charge >= 0.3 is 0 Å². The molecule has 0 saturated heterocycles. The Balaban J connectivity index is 1.85. The fourth-order valence-electron chi connectivity index (χ4n) is 1.90. The van der Waals surface area contributed by atoms with Crippen molar-refractivity contribution in [3.05, 3.63) is 65.9 Å². The van der Waals surface area contributed by atoms with Crippen molar-refractivity contribution < 1.29 is 8.42 Å². The summed E-state index contributed by atoms with van der Waals surface area (Å²) in [4.78, 5) is 8.75. The van der Waals surface area contributed by atoms with Gasteiger partial charge in [-0.3, -0.25) is 4.98 Å². The predicted molar refractivity (Wildman–Crippen MR) is 82.7 cm³/mol. The molecule has 106 valence electrons. The van der Waals surface area contributed by atoms with E-state index < -0.39 is 9.84 Å². The molecule has 21 heavy (non-hydrogen) atoms. The maximum atomic E-state index is 12.3. The van der Waals surface area contributed by atoms with E-state index in [1.807, 2.05) is 12.1 Å². The average Bonchev–Trinajstić information content (AvgIpc) is 2.97. The monoisotopic (exact) mass is 316 g/mol. The zero-order valence-corrected chi connectivity index (χ0v) is 12.6. The van der Waals surface area contributed by atoms with Gasteiger partial charge in [0.2, 0.25) is 0 Å². The minimum Gasteiger partial charge on any atom is -0.264 e. The van der Waals surface area contributed by atoms with Crippen molar-refractivity contribution in [2.45, 2.75) is 10.6 Å². The minimum absolute atomic E-state index is 0.0895. The molecular weight excluding hydrogens is 304 g/mol. The number of hydrogen-bond donors (Lipinski definition) is 0. The van der Waals surface area contributed by atoms with Gasteiger partial charge in [0.15, 0.2) is 9.84 Å². The molecule has 4 nitrogen and oxygen atoms in total. The van der Waals surface area contributed by atoms with Crippen molar-refractivity contribution >= 4 is 21.2 Å². The van der Waals surface area contributed by atoms with Gasteiger partial charge in [0.05, 0.1) is 16.3 Å². The van der Waals surface area contributed by atoms with Crippen LogP contribution in [0.4, 0.5) is 0 Å². The second-order valence-corrected chi connectivity index (χ2v) is 7.31. The minimum atomic E-state index is -3.35. The van der Waals surface area contributed by atoms with Crippen LogP contribution in [0, 0.1) is 0 Å². The summed E-state index contributed by atoms with van der Waals surface area (Å²) in [6.45, 7) is 0. The lowest BCUT2D eigenvalue weighted by molar-refractivity contribution is 0.595. The number of hydrogen-bond acceptors (Lipinski definition) is 5. The summed E-state index contributed by atoms with van der Waals surface area (Å²) in [5, 5.41) is 2.56. The van der Waals surface area contributed by atoms with Crippen LogP contribution < -0.4 is 0 Å². The highest BCUT2D eigenvalue weighted by Gasteiger charge is 2.17. The zero-order chi connectivity index (χ0) is 14.7. The topological polar surface area (TPSA) is 59.9 Å². The lowest BCUT2D eigenvalue weighted by atomic mass is 10.3. The van der Waals surface area contributed by atoms with Crippen molar-refractivity contribution in [2.24, 2.45) is 0 Å². The van der Waals surface area contributed by atoms with E-state index in [-0.39, 0.29) is 5.75 Å². The summed E-state index contributed by atoms with van der Waals surface area (Å²) >= 11 is 1.42. The smallest absolute Gasteiger partial charge is 0.184 e. The Bertz CT molecular complexity index is 828. The molecule has 6 heteroatoms. The van der Waals surface area contributed by atoms with Crippen LogP contribution in [-0.2, 0) is 15.6 Å². The summed E-state index contributed by atoms with van der Waals surface area (Å²) in [5.41, 5.74) is 1.45. The number of pyridine rings is 1. The first kappa shape index (κ1) is 13.9. The van der Waals surface area contributed by atoms with Crippen LogP contribution in [0.15, 0.2) is 65.1 Å². The SMILES string of the molecule is O=S(=O)(Cc1csc(-c2cccnc2)n1)c1ccccc1. The van der Waals surface area contributed by atoms with E-state index >= 15 is 0 Å². The third-order valence-electron chi connectivity index (χ3n) is 2.90. The lowest BCUT2D eigenvalue weighted by Crippen LogP contribution is -2.05. The van der Waals surface area contributed by atoms with Crippen molar-refractivity contribution in [3.8, 4) is 10.6 Å². The van der Waals surface area contributed by atoms with E-state index in [0.717, 1.165) is 10.6 Å². The molecule has 0 spiro atoms. The molecule has 0 N–H and O–H groups in total. The standard InChI is InChI=1S/C15H12N2O2S2/c18-21(19,14-6-2-1-3-7-14)11-13-10-20-15(17-13)12-5-4-8-16-9-12/h1-10H,11H2. The summed E-state index contributed by atoms with van der Waals surface area (Å²) in [7, 11) is -3.35. The molecule has 0 unspecified atom stereocenters. The largest absolute Gasteiger partial charge is 0.264 e. The van der Waals surface area contributed by atoms with E-state index in [1.54, 1.807) is 48.1 Å². The molecule has 0 fully saturated rings. The highest BCUT2D eigenvalue weighted by Crippen LogP contribution is 2.24. The van der Waals surface area contributed by atoms with Crippen LogP contribution in [0.25, 0.3) is 10.6 Å². The van der Waals surface area contributed by atoms with Crippen LogP contribution in [0.5, 0.6) is 0 Å². The maximum absolute atomic E-state index is 12.3. The Kier molecular flexibility index (Phi) is 3.81. The predicted octanol–water partition coefficient (Wildman–Crippen LogP) is 3.18. The summed E-state index contributed by atoms with van der Waals surface area (Å²) in [5.74, 6) is -0.0895. The van der Waals surface area contributed by atoms with E-state index in [0.29, 0.717) is 10.6 Å². The highest BCUT2D eigenvalue weighted by molar-refractivity contribution is 7.90. The summed E-state index contributed by atoms with van der Waals surface area (Å²) < 4.78 is 24.6. The molecule has 0 aliphatic rings. The molecule has 0 bridgehead atoms. The second kappa shape index (κ2) is 5.75. The molecule has 0 atom stereocenters. The summed E-state index contributed by atoms with van der Waals surface area (Å²) in [6.07, 6.45) is 3.41. The Hall–Kier alpha value is -2.05. The molecule has 0 saturated carbocycles. The first-order valence-electron chi connectivity index (χ1n) is 6.28. The molecular formula is C15H12N2O2S2. The first-order valence-corrected chi connectivity index (χ1v) is 8.81. The lowest BCUT2D eigenvalue weighted by Gasteiger charge is -2.01. The van der Waals surface area contributed by atoms with E-state index in [9.17, 15) is 8.42 Å². The van der Waals surface area contributed by atoms with Crippen molar-refractivity contribution in [3.63, 3.8) is 0 Å². The second-order valence-electron chi connectivity index (χ2n) is 4.46. The summed E-state index contributed by atoms with van der Waals surface area (Å²) in [6, 6.07) is 12.2. The van der Waals surface area contributed by atoms with Crippen molar-refractivity contribution in [2.75, 3.05) is 0 Å². The van der Waals surface area contributed by atoms with Gasteiger partial charge < -0.3 is 0 Å². The molecule has 0 aliphatic heterocycles. The third-order valence-corrected chi connectivity index (χ3v) is 5.51. The van der Waals surface area contributed by atoms with Gasteiger partial charge in [0.25, 0.3) is 0 Å². The maximum Gasteiger partial charge on any atom is 0.184 e. The Morgan fingerprint density at radius 2 is 1.86 bits per heavy atom. The van der Waals surface area contributed by atoms with Crippen LogP contribution in [0.2, 0.25) is 0 Å². The van der Waals surface area contributed by atoms with Crippen molar-refractivity contribution in [1.29, 1.82) is 0 Å². The van der Waals surface area contributed by atoms with Gasteiger partial charge in [-0.15, -0.1) is 11.3 Å². The third kappa shape index (κ3) is 3.17. The fourth-order valence-corrected chi connectivity index (χ4v) is 4.09. The Labute approximate surface area is 127 Å². The number of thiazole rings is 1. The Morgan fingerprint density at radius 3 is 2.57 bits per heavy atom. The molecule has 2 heterocycles. The molecule has 0 amide bonds. The quantitative estimate of drug-likeness (QED) is 0.742. The van der Waals surface area contributed by atoms with Crippen LogP contribution in [0.3, 0.4) is 0 Å². The number of benzene rings is 1. The zero-order valence-electron chi connectivity index (χ0n) is 11.0. The molecule has 0 aliphatic carbocycles. The van der Waals surface area contributed by atoms with Gasteiger partial charge in [-0.2, -0.15) is 0 Å². The number of rotatable bonds is 4. The molecule has 2 aromatic heterocycles. The fraction of sp³-hybridized carbons (Fsp3) is 0.0667. The number of nitrogens with zero attached hydrogens (tertiary/aromatic N) is 2. The van der Waals surface area contributed by atoms with E-state index in [1.165, 1.54) is 11.3 Å². The van der Waals surface area contributed by atoms with Gasteiger partial charge in [0, 0.05) is 23.3 Å². The van der Waals surface area contributed by atoms with Gasteiger partial charge in [-0.1, -0.05) is 18.2 Å². The van der Waals surface area contributed by atoms with Crippen LogP contribution >= 0.6 is 11.3 Å². The normalized spacial score (nSPS) is 11.4. The highest BCUT2D eigenvalue weighted by atomic mass is 32.2. The van der Waals surface area contributed by atoms with E-state index in [4.69, 9.17) is 0 Å². The first-order chi connectivity index (χ1) is 10.1. The van der Waals surface area contributed by atoms with Crippen LogP contribution in [-0.4, -0.2) is 18.4 Å². The Morgan fingerprint density at radius 1 is 1.05 bits per heavy atom. The average molecular weight is 316 g/mol. The van der Waals surface area contributed by atoms with Gasteiger partial charge in [0.1, 0.15) is 5.01 Å². The van der Waals surface area contributed by atoms with Gasteiger partial charge in [-0.05, 0) is 24.3 Å². The number of sulfone groups is 1.